The van der Waals surface area contributed by atoms with Crippen molar-refractivity contribution < 1.29 is 13.9 Å². The molecular formula is C12H15N3O3. The van der Waals surface area contributed by atoms with Crippen LogP contribution < -0.4 is 10.6 Å². The summed E-state index contributed by atoms with van der Waals surface area (Å²) in [7, 11) is 1.58. The first kappa shape index (κ1) is 12.4. The number of nitrogens with one attached hydrogen (secondary N) is 2. The standard InChI is InChI=1S/C12H15N3O3/c1-8-14-9-4-3-5-10(11(9)18-8)15-12(16)13-6-7-17-2/h3-5H,6-7H2,1-2H3,(H2,13,15,16). The number of methoxy groups -OCH3 is 1. The van der Waals surface area contributed by atoms with Gasteiger partial charge in [-0.2, -0.15) is 0 Å². The Kier molecular flexibility index (Phi) is 3.78. The van der Waals surface area contributed by atoms with E-state index < -0.39 is 0 Å². The number of aromatic nitrogens is 1. The van der Waals surface area contributed by atoms with Crippen LogP contribution in [-0.4, -0.2) is 31.3 Å². The zero-order chi connectivity index (χ0) is 13.0. The summed E-state index contributed by atoms with van der Waals surface area (Å²) in [5.74, 6) is 0.569. The van der Waals surface area contributed by atoms with Gasteiger partial charge in [-0.05, 0) is 12.1 Å². The van der Waals surface area contributed by atoms with Crippen LogP contribution in [0.15, 0.2) is 22.6 Å². The lowest BCUT2D eigenvalue weighted by Gasteiger charge is -2.06. The molecule has 0 saturated heterocycles. The first-order valence-electron chi connectivity index (χ1n) is 5.60. The fraction of sp³-hybridized carbons (Fsp3) is 0.333. The molecule has 6 heteroatoms. The molecular weight excluding hydrogens is 234 g/mol. The highest BCUT2D eigenvalue weighted by molar-refractivity contribution is 5.97. The van der Waals surface area contributed by atoms with Crippen molar-refractivity contribution in [2.45, 2.75) is 6.92 Å². The fourth-order valence-corrected chi connectivity index (χ4v) is 1.59. The second-order valence-electron chi connectivity index (χ2n) is 3.76. The highest BCUT2D eigenvalue weighted by atomic mass is 16.5. The van der Waals surface area contributed by atoms with Gasteiger partial charge in [-0.3, -0.25) is 0 Å². The van der Waals surface area contributed by atoms with Gasteiger partial charge in [-0.25, -0.2) is 9.78 Å². The lowest BCUT2D eigenvalue weighted by atomic mass is 10.3. The number of carbonyl (C=O) groups excluding carboxylic acids is 1. The van der Waals surface area contributed by atoms with Crippen molar-refractivity contribution in [2.75, 3.05) is 25.6 Å². The number of carbonyl (C=O) groups is 1. The monoisotopic (exact) mass is 249 g/mol. The molecule has 0 saturated carbocycles. The fourth-order valence-electron chi connectivity index (χ4n) is 1.59. The van der Waals surface area contributed by atoms with Crippen LogP contribution >= 0.6 is 0 Å². The topological polar surface area (TPSA) is 76.4 Å². The van der Waals surface area contributed by atoms with Crippen LogP contribution in [0.2, 0.25) is 0 Å². The number of ether oxygens (including phenoxy) is 1. The second-order valence-corrected chi connectivity index (χ2v) is 3.76. The Morgan fingerprint density at radius 1 is 1.50 bits per heavy atom. The van der Waals surface area contributed by atoms with E-state index in [1.165, 1.54) is 0 Å². The maximum atomic E-state index is 11.6. The van der Waals surface area contributed by atoms with Crippen LogP contribution in [0.1, 0.15) is 5.89 Å². The van der Waals surface area contributed by atoms with Crippen molar-refractivity contribution >= 4 is 22.8 Å². The number of rotatable bonds is 4. The van der Waals surface area contributed by atoms with E-state index >= 15 is 0 Å². The van der Waals surface area contributed by atoms with Gasteiger partial charge < -0.3 is 19.8 Å². The van der Waals surface area contributed by atoms with E-state index in [0.29, 0.717) is 30.3 Å². The van der Waals surface area contributed by atoms with E-state index in [0.717, 1.165) is 5.52 Å². The molecule has 1 aromatic carbocycles. The van der Waals surface area contributed by atoms with Crippen LogP contribution in [0.5, 0.6) is 0 Å². The van der Waals surface area contributed by atoms with Gasteiger partial charge in [-0.15, -0.1) is 0 Å². The van der Waals surface area contributed by atoms with Crippen LogP contribution in [0.4, 0.5) is 10.5 Å². The van der Waals surface area contributed by atoms with Gasteiger partial charge in [0.25, 0.3) is 0 Å². The van der Waals surface area contributed by atoms with E-state index in [-0.39, 0.29) is 6.03 Å². The average molecular weight is 249 g/mol. The largest absolute Gasteiger partial charge is 0.439 e. The summed E-state index contributed by atoms with van der Waals surface area (Å²) >= 11 is 0. The molecule has 2 N–H and O–H groups in total. The number of hydrogen-bond donors (Lipinski definition) is 2. The third-order valence-corrected chi connectivity index (χ3v) is 2.36. The molecule has 0 aliphatic rings. The Bertz CT molecular complexity index is 550. The Morgan fingerprint density at radius 2 is 2.33 bits per heavy atom. The van der Waals surface area contributed by atoms with E-state index in [9.17, 15) is 4.79 Å². The number of para-hydroxylation sites is 1. The summed E-state index contributed by atoms with van der Waals surface area (Å²) in [5.41, 5.74) is 1.90. The highest BCUT2D eigenvalue weighted by Gasteiger charge is 2.09. The molecule has 2 aromatic rings. The molecule has 96 valence electrons. The van der Waals surface area contributed by atoms with E-state index in [1.54, 1.807) is 20.1 Å². The number of nitrogens with zero attached hydrogens (tertiary/aromatic N) is 1. The maximum absolute atomic E-state index is 11.6. The van der Waals surface area contributed by atoms with E-state index in [1.807, 2.05) is 12.1 Å². The van der Waals surface area contributed by atoms with Crippen molar-refractivity contribution in [3.63, 3.8) is 0 Å². The number of urea groups is 1. The summed E-state index contributed by atoms with van der Waals surface area (Å²) in [5, 5.41) is 5.38. The molecule has 0 bridgehead atoms. The van der Waals surface area contributed by atoms with Crippen molar-refractivity contribution in [2.24, 2.45) is 0 Å². The van der Waals surface area contributed by atoms with Gasteiger partial charge in [0.2, 0.25) is 0 Å². The maximum Gasteiger partial charge on any atom is 0.319 e. The van der Waals surface area contributed by atoms with Crippen LogP contribution in [-0.2, 0) is 4.74 Å². The summed E-state index contributed by atoms with van der Waals surface area (Å²) in [4.78, 5) is 15.8. The first-order chi connectivity index (χ1) is 8.70. The van der Waals surface area contributed by atoms with Gasteiger partial charge >= 0.3 is 6.03 Å². The molecule has 2 rings (SSSR count). The quantitative estimate of drug-likeness (QED) is 0.811. The number of fused-ring (bicyclic) bond motifs is 1. The van der Waals surface area contributed by atoms with Gasteiger partial charge in [0.05, 0.1) is 12.3 Å². The number of amides is 2. The zero-order valence-electron chi connectivity index (χ0n) is 10.3. The zero-order valence-corrected chi connectivity index (χ0v) is 10.3. The minimum atomic E-state index is -0.298. The minimum absolute atomic E-state index is 0.298. The van der Waals surface area contributed by atoms with Crippen molar-refractivity contribution in [3.8, 4) is 0 Å². The predicted molar refractivity (Wildman–Crippen MR) is 67.6 cm³/mol. The number of hydrogen-bond acceptors (Lipinski definition) is 4. The molecule has 6 nitrogen and oxygen atoms in total. The normalized spacial score (nSPS) is 10.6. The lowest BCUT2D eigenvalue weighted by molar-refractivity contribution is 0.198. The van der Waals surface area contributed by atoms with Gasteiger partial charge in [0.15, 0.2) is 11.5 Å². The summed E-state index contributed by atoms with van der Waals surface area (Å²) in [6.45, 7) is 2.69. The molecule has 2 amide bonds. The van der Waals surface area contributed by atoms with Crippen LogP contribution in [0.25, 0.3) is 11.1 Å². The minimum Gasteiger partial charge on any atom is -0.439 e. The Hall–Kier alpha value is -2.08. The third kappa shape index (κ3) is 2.78. The van der Waals surface area contributed by atoms with Crippen molar-refractivity contribution in [1.29, 1.82) is 0 Å². The van der Waals surface area contributed by atoms with Crippen LogP contribution in [0, 0.1) is 6.92 Å². The number of benzene rings is 1. The predicted octanol–water partition coefficient (Wildman–Crippen LogP) is 1.90. The average Bonchev–Trinajstić information content (AvgIpc) is 2.71. The summed E-state index contributed by atoms with van der Waals surface area (Å²) < 4.78 is 10.3. The smallest absolute Gasteiger partial charge is 0.319 e. The molecule has 0 radical (unpaired) electrons. The molecule has 0 fully saturated rings. The Morgan fingerprint density at radius 3 is 3.11 bits per heavy atom. The van der Waals surface area contributed by atoms with Gasteiger partial charge in [-0.1, -0.05) is 6.07 Å². The van der Waals surface area contributed by atoms with Crippen LogP contribution in [0.3, 0.4) is 0 Å². The van der Waals surface area contributed by atoms with E-state index in [2.05, 4.69) is 15.6 Å². The Labute approximate surface area is 104 Å². The number of oxazole rings is 1. The number of anilines is 1. The Balaban J connectivity index is 2.09. The first-order valence-corrected chi connectivity index (χ1v) is 5.60. The number of aryl methyl sites for hydroxylation is 1. The molecule has 0 spiro atoms. The SMILES string of the molecule is COCCNC(=O)Nc1cccc2nc(C)oc12. The molecule has 0 aliphatic heterocycles. The molecule has 0 atom stereocenters. The van der Waals surface area contributed by atoms with Crippen molar-refractivity contribution in [1.82, 2.24) is 10.3 Å². The lowest BCUT2D eigenvalue weighted by Crippen LogP contribution is -2.31. The van der Waals surface area contributed by atoms with Gasteiger partial charge in [0.1, 0.15) is 5.52 Å². The van der Waals surface area contributed by atoms with Gasteiger partial charge in [0, 0.05) is 20.6 Å². The molecule has 18 heavy (non-hydrogen) atoms. The highest BCUT2D eigenvalue weighted by Crippen LogP contribution is 2.23. The second kappa shape index (κ2) is 5.50. The molecule has 0 unspecified atom stereocenters. The third-order valence-electron chi connectivity index (χ3n) is 2.36. The van der Waals surface area contributed by atoms with Crippen molar-refractivity contribution in [3.05, 3.63) is 24.1 Å². The van der Waals surface area contributed by atoms with E-state index in [4.69, 9.17) is 9.15 Å². The summed E-state index contributed by atoms with van der Waals surface area (Å²) in [6.07, 6.45) is 0. The molecule has 1 aromatic heterocycles. The molecule has 1 heterocycles. The molecule has 0 aliphatic carbocycles. The summed E-state index contributed by atoms with van der Waals surface area (Å²) in [6, 6.07) is 5.12.